The summed E-state index contributed by atoms with van der Waals surface area (Å²) in [5.41, 5.74) is 4.55. The summed E-state index contributed by atoms with van der Waals surface area (Å²) in [6.45, 7) is 0.278. The summed E-state index contributed by atoms with van der Waals surface area (Å²) < 4.78 is 7.40. The highest BCUT2D eigenvalue weighted by molar-refractivity contribution is 6.01. The van der Waals surface area contributed by atoms with E-state index in [4.69, 9.17) is 9.84 Å². The van der Waals surface area contributed by atoms with E-state index in [1.54, 1.807) is 28.9 Å². The standard InChI is InChI=1S/C28H23N3O4/c32-25-15-16-26(33)30(25)17-20-11-13-22(14-12-20)28(34)35-19-23-18-31(24-9-5-2-6-10-24)29-27(23)21-7-3-1-4-8-21/h1-14,18H,15-17,19H2. The third-order valence-electron chi connectivity index (χ3n) is 5.90. The van der Waals surface area contributed by atoms with Gasteiger partial charge in [-0.25, -0.2) is 9.48 Å². The fraction of sp³-hybridized carbons (Fsp3) is 0.143. The van der Waals surface area contributed by atoms with Crippen molar-refractivity contribution in [2.45, 2.75) is 26.0 Å². The van der Waals surface area contributed by atoms with Crippen molar-refractivity contribution in [3.05, 3.63) is 108 Å². The van der Waals surface area contributed by atoms with Gasteiger partial charge in [-0.05, 0) is 29.8 Å². The quantitative estimate of drug-likeness (QED) is 0.296. The minimum Gasteiger partial charge on any atom is -0.457 e. The highest BCUT2D eigenvalue weighted by Crippen LogP contribution is 2.25. The monoisotopic (exact) mass is 465 g/mol. The summed E-state index contributed by atoms with van der Waals surface area (Å²) in [6, 6.07) is 26.3. The molecular weight excluding hydrogens is 442 g/mol. The average Bonchev–Trinajstić information content (AvgIpc) is 3.47. The van der Waals surface area contributed by atoms with Crippen molar-refractivity contribution in [3.63, 3.8) is 0 Å². The van der Waals surface area contributed by atoms with Crippen molar-refractivity contribution in [1.29, 1.82) is 0 Å². The van der Waals surface area contributed by atoms with Crippen LogP contribution < -0.4 is 0 Å². The van der Waals surface area contributed by atoms with E-state index in [0.29, 0.717) is 5.56 Å². The Morgan fingerprint density at radius 1 is 0.829 bits per heavy atom. The summed E-state index contributed by atoms with van der Waals surface area (Å²) in [6.07, 6.45) is 2.39. The zero-order chi connectivity index (χ0) is 24.2. The highest BCUT2D eigenvalue weighted by atomic mass is 16.5. The summed E-state index contributed by atoms with van der Waals surface area (Å²) >= 11 is 0. The van der Waals surface area contributed by atoms with E-state index >= 15 is 0 Å². The molecule has 0 spiro atoms. The molecule has 2 amide bonds. The molecule has 174 valence electrons. The number of carbonyl (C=O) groups excluding carboxylic acids is 3. The number of ether oxygens (including phenoxy) is 1. The summed E-state index contributed by atoms with van der Waals surface area (Å²) in [7, 11) is 0. The van der Waals surface area contributed by atoms with Crippen LogP contribution in [0.4, 0.5) is 0 Å². The number of amides is 2. The molecule has 1 saturated heterocycles. The Kier molecular flexibility index (Phi) is 6.22. The van der Waals surface area contributed by atoms with Gasteiger partial charge in [0.05, 0.1) is 23.5 Å². The van der Waals surface area contributed by atoms with Crippen LogP contribution in [0.2, 0.25) is 0 Å². The van der Waals surface area contributed by atoms with Gasteiger partial charge in [0.25, 0.3) is 0 Å². The maximum Gasteiger partial charge on any atom is 0.338 e. The third kappa shape index (κ3) is 4.89. The minimum atomic E-state index is -0.462. The van der Waals surface area contributed by atoms with Gasteiger partial charge in [-0.3, -0.25) is 14.5 Å². The van der Waals surface area contributed by atoms with E-state index in [-0.39, 0.29) is 37.8 Å². The number of nitrogens with zero attached hydrogens (tertiary/aromatic N) is 3. The fourth-order valence-electron chi connectivity index (χ4n) is 4.02. The molecule has 7 nitrogen and oxygen atoms in total. The SMILES string of the molecule is O=C(OCc1cn(-c2ccccc2)nc1-c1ccccc1)c1ccc(CN2C(=O)CCC2=O)cc1. The van der Waals surface area contributed by atoms with Gasteiger partial charge in [-0.15, -0.1) is 0 Å². The molecule has 7 heteroatoms. The number of hydrogen-bond donors (Lipinski definition) is 0. The first-order chi connectivity index (χ1) is 17.1. The maximum atomic E-state index is 12.7. The maximum absolute atomic E-state index is 12.7. The van der Waals surface area contributed by atoms with Gasteiger partial charge in [0, 0.05) is 30.2 Å². The van der Waals surface area contributed by atoms with Crippen LogP contribution in [0.25, 0.3) is 16.9 Å². The Morgan fingerprint density at radius 3 is 2.11 bits per heavy atom. The van der Waals surface area contributed by atoms with Crippen LogP contribution >= 0.6 is 0 Å². The van der Waals surface area contributed by atoms with E-state index in [1.807, 2.05) is 66.9 Å². The smallest absolute Gasteiger partial charge is 0.338 e. The number of carbonyl (C=O) groups is 3. The number of para-hydroxylation sites is 1. The van der Waals surface area contributed by atoms with Gasteiger partial charge in [-0.2, -0.15) is 5.10 Å². The molecule has 1 aliphatic heterocycles. The number of benzene rings is 3. The molecule has 0 bridgehead atoms. The Bertz CT molecular complexity index is 1350. The van der Waals surface area contributed by atoms with Gasteiger partial charge in [0.15, 0.2) is 0 Å². The molecule has 1 aromatic heterocycles. The molecule has 1 aliphatic rings. The van der Waals surface area contributed by atoms with E-state index in [2.05, 4.69) is 0 Å². The molecule has 3 aromatic carbocycles. The topological polar surface area (TPSA) is 81.5 Å². The number of esters is 1. The van der Waals surface area contributed by atoms with Gasteiger partial charge < -0.3 is 4.74 Å². The lowest BCUT2D eigenvalue weighted by Gasteiger charge is -2.13. The lowest BCUT2D eigenvalue weighted by molar-refractivity contribution is -0.139. The molecule has 4 aromatic rings. The van der Waals surface area contributed by atoms with Crippen molar-refractivity contribution in [1.82, 2.24) is 14.7 Å². The van der Waals surface area contributed by atoms with Crippen LogP contribution in [-0.4, -0.2) is 32.5 Å². The second-order valence-corrected chi connectivity index (χ2v) is 8.30. The Hall–Kier alpha value is -4.52. The Morgan fingerprint density at radius 2 is 1.46 bits per heavy atom. The molecule has 0 aliphatic carbocycles. The van der Waals surface area contributed by atoms with E-state index < -0.39 is 5.97 Å². The van der Waals surface area contributed by atoms with Crippen LogP contribution in [0.3, 0.4) is 0 Å². The van der Waals surface area contributed by atoms with Crippen molar-refractivity contribution >= 4 is 17.8 Å². The first kappa shape index (κ1) is 22.3. The van der Waals surface area contributed by atoms with Crippen molar-refractivity contribution in [2.24, 2.45) is 0 Å². The van der Waals surface area contributed by atoms with Gasteiger partial charge >= 0.3 is 5.97 Å². The number of rotatable bonds is 7. The zero-order valence-electron chi connectivity index (χ0n) is 19.0. The van der Waals surface area contributed by atoms with E-state index in [1.165, 1.54) is 4.90 Å². The summed E-state index contributed by atoms with van der Waals surface area (Å²) in [4.78, 5) is 37.6. The molecular formula is C28H23N3O4. The van der Waals surface area contributed by atoms with Crippen LogP contribution in [0.1, 0.15) is 34.3 Å². The first-order valence-corrected chi connectivity index (χ1v) is 11.4. The molecule has 0 unspecified atom stereocenters. The van der Waals surface area contributed by atoms with Crippen LogP contribution in [0.15, 0.2) is 91.1 Å². The van der Waals surface area contributed by atoms with E-state index in [0.717, 1.165) is 28.1 Å². The lowest BCUT2D eigenvalue weighted by atomic mass is 10.1. The molecule has 0 saturated carbocycles. The lowest BCUT2D eigenvalue weighted by Crippen LogP contribution is -2.28. The van der Waals surface area contributed by atoms with E-state index in [9.17, 15) is 14.4 Å². The predicted molar refractivity (Wildman–Crippen MR) is 129 cm³/mol. The second kappa shape index (κ2) is 9.77. The molecule has 0 radical (unpaired) electrons. The summed E-state index contributed by atoms with van der Waals surface area (Å²) in [5, 5.41) is 4.74. The molecule has 35 heavy (non-hydrogen) atoms. The third-order valence-corrected chi connectivity index (χ3v) is 5.90. The molecule has 5 rings (SSSR count). The Labute approximate surface area is 202 Å². The fourth-order valence-corrected chi connectivity index (χ4v) is 4.02. The zero-order valence-corrected chi connectivity index (χ0v) is 19.0. The molecule has 2 heterocycles. The number of hydrogen-bond acceptors (Lipinski definition) is 5. The normalized spacial score (nSPS) is 13.3. The largest absolute Gasteiger partial charge is 0.457 e. The molecule has 1 fully saturated rings. The number of aromatic nitrogens is 2. The molecule has 0 N–H and O–H groups in total. The summed E-state index contributed by atoms with van der Waals surface area (Å²) in [5.74, 6) is -0.788. The van der Waals surface area contributed by atoms with Crippen molar-refractivity contribution < 1.29 is 19.1 Å². The van der Waals surface area contributed by atoms with Gasteiger partial charge in [-0.1, -0.05) is 60.7 Å². The van der Waals surface area contributed by atoms with Crippen LogP contribution in [-0.2, 0) is 27.5 Å². The first-order valence-electron chi connectivity index (χ1n) is 11.4. The van der Waals surface area contributed by atoms with Crippen LogP contribution in [0, 0.1) is 0 Å². The van der Waals surface area contributed by atoms with Gasteiger partial charge in [0.2, 0.25) is 11.8 Å². The number of likely N-dealkylation sites (tertiary alicyclic amines) is 1. The Balaban J connectivity index is 1.30. The second-order valence-electron chi connectivity index (χ2n) is 8.30. The molecule has 0 atom stereocenters. The van der Waals surface area contributed by atoms with Crippen LogP contribution in [0.5, 0.6) is 0 Å². The minimum absolute atomic E-state index is 0.0639. The van der Waals surface area contributed by atoms with Crippen molar-refractivity contribution in [2.75, 3.05) is 0 Å². The average molecular weight is 466 g/mol. The predicted octanol–water partition coefficient (Wildman–Crippen LogP) is 4.55. The van der Waals surface area contributed by atoms with Crippen molar-refractivity contribution in [3.8, 4) is 16.9 Å². The number of imide groups is 1. The van der Waals surface area contributed by atoms with Gasteiger partial charge in [0.1, 0.15) is 6.61 Å². The highest BCUT2D eigenvalue weighted by Gasteiger charge is 2.28.